The first-order valence-electron chi connectivity index (χ1n) is 9.19. The second kappa shape index (κ2) is 6.08. The zero-order valence-electron chi connectivity index (χ0n) is 14.4. The maximum absolute atomic E-state index is 13.5. The van der Waals surface area contributed by atoms with E-state index in [-0.39, 0.29) is 5.91 Å². The highest BCUT2D eigenvalue weighted by Gasteiger charge is 2.48. The van der Waals surface area contributed by atoms with Crippen molar-refractivity contribution in [3.63, 3.8) is 0 Å². The van der Waals surface area contributed by atoms with Crippen LogP contribution in [0, 0.1) is 5.92 Å². The molecule has 0 N–H and O–H groups in total. The molecule has 1 atom stereocenters. The van der Waals surface area contributed by atoms with Gasteiger partial charge in [0.15, 0.2) is 0 Å². The summed E-state index contributed by atoms with van der Waals surface area (Å²) in [7, 11) is 0. The predicted octanol–water partition coefficient (Wildman–Crippen LogP) is 5.59. The van der Waals surface area contributed by atoms with Crippen molar-refractivity contribution in [2.45, 2.75) is 50.9 Å². The van der Waals surface area contributed by atoms with Gasteiger partial charge in [-0.2, -0.15) is 0 Å². The zero-order chi connectivity index (χ0) is 16.6. The molecule has 2 heteroatoms. The second-order valence-electron chi connectivity index (χ2n) is 7.53. The summed E-state index contributed by atoms with van der Waals surface area (Å²) in [5.74, 6) is 0.914. The van der Waals surface area contributed by atoms with Crippen molar-refractivity contribution in [1.82, 2.24) is 0 Å². The lowest BCUT2D eigenvalue weighted by Gasteiger charge is -2.31. The number of hydrogen-bond acceptors (Lipinski definition) is 1. The van der Waals surface area contributed by atoms with Crippen LogP contribution in [0.1, 0.15) is 51.0 Å². The summed E-state index contributed by atoms with van der Waals surface area (Å²) in [6.07, 6.45) is 7.52. The molecule has 2 aromatic carbocycles. The minimum absolute atomic E-state index is 0.237. The highest BCUT2D eigenvalue weighted by atomic mass is 16.2. The molecule has 2 aliphatic rings. The lowest BCUT2D eigenvalue weighted by Crippen LogP contribution is -2.37. The van der Waals surface area contributed by atoms with E-state index in [9.17, 15) is 4.79 Å². The standard InChI is InChI=1S/C22H25NO/c1-22(16-17-10-4-2-5-11-17)19-14-8-9-15-20(19)23(21(22)24)18-12-6-3-7-13-18/h3,6-9,12-15,17H,2,4-5,10-11,16H2,1H3. The Bertz CT molecular complexity index is 733. The predicted molar refractivity (Wildman–Crippen MR) is 98.6 cm³/mol. The van der Waals surface area contributed by atoms with Crippen molar-refractivity contribution < 1.29 is 4.79 Å². The minimum Gasteiger partial charge on any atom is -0.280 e. The Hall–Kier alpha value is -2.09. The molecule has 0 saturated heterocycles. The Labute approximate surface area is 144 Å². The summed E-state index contributed by atoms with van der Waals surface area (Å²) in [4.78, 5) is 15.4. The lowest BCUT2D eigenvalue weighted by atomic mass is 9.72. The Morgan fingerprint density at radius 3 is 2.38 bits per heavy atom. The van der Waals surface area contributed by atoms with Gasteiger partial charge in [0.1, 0.15) is 0 Å². The summed E-state index contributed by atoms with van der Waals surface area (Å²) in [6.45, 7) is 2.16. The van der Waals surface area contributed by atoms with Crippen molar-refractivity contribution in [2.75, 3.05) is 4.90 Å². The number of nitrogens with zero attached hydrogens (tertiary/aromatic N) is 1. The van der Waals surface area contributed by atoms with E-state index in [1.165, 1.54) is 37.7 Å². The molecule has 0 bridgehead atoms. The molecule has 2 aromatic rings. The van der Waals surface area contributed by atoms with E-state index in [1.807, 2.05) is 41.3 Å². The Morgan fingerprint density at radius 2 is 1.62 bits per heavy atom. The van der Waals surface area contributed by atoms with Crippen LogP contribution in [0.3, 0.4) is 0 Å². The number of carbonyl (C=O) groups excluding carboxylic acids is 1. The van der Waals surface area contributed by atoms with E-state index in [0.29, 0.717) is 5.92 Å². The van der Waals surface area contributed by atoms with Crippen molar-refractivity contribution in [3.05, 3.63) is 60.2 Å². The number of fused-ring (bicyclic) bond motifs is 1. The smallest absolute Gasteiger partial charge is 0.242 e. The number of para-hydroxylation sites is 2. The maximum atomic E-state index is 13.5. The first kappa shape index (κ1) is 15.4. The van der Waals surface area contributed by atoms with Crippen molar-refractivity contribution in [2.24, 2.45) is 5.92 Å². The molecule has 0 radical (unpaired) electrons. The molecule has 2 nitrogen and oxygen atoms in total. The quantitative estimate of drug-likeness (QED) is 0.722. The third-order valence-corrected chi connectivity index (χ3v) is 5.85. The fraction of sp³-hybridized carbons (Fsp3) is 0.409. The number of hydrogen-bond donors (Lipinski definition) is 0. The van der Waals surface area contributed by atoms with Crippen LogP contribution in [-0.4, -0.2) is 5.91 Å². The SMILES string of the molecule is CC1(CC2CCCCC2)C(=O)N(c2ccccc2)c2ccccc21. The van der Waals surface area contributed by atoms with Gasteiger partial charge in [0.2, 0.25) is 5.91 Å². The van der Waals surface area contributed by atoms with Crippen LogP contribution < -0.4 is 4.90 Å². The van der Waals surface area contributed by atoms with E-state index < -0.39 is 5.41 Å². The fourth-order valence-electron chi connectivity index (χ4n) is 4.61. The summed E-state index contributed by atoms with van der Waals surface area (Å²) in [5.41, 5.74) is 2.84. The zero-order valence-corrected chi connectivity index (χ0v) is 14.4. The monoisotopic (exact) mass is 319 g/mol. The number of amides is 1. The molecule has 1 fully saturated rings. The summed E-state index contributed by atoms with van der Waals surface area (Å²) in [5, 5.41) is 0. The Kier molecular flexibility index (Phi) is 3.91. The maximum Gasteiger partial charge on any atom is 0.242 e. The van der Waals surface area contributed by atoms with Crippen LogP contribution in [0.25, 0.3) is 0 Å². The minimum atomic E-state index is -0.394. The molecule has 24 heavy (non-hydrogen) atoms. The second-order valence-corrected chi connectivity index (χ2v) is 7.53. The topological polar surface area (TPSA) is 20.3 Å². The molecule has 124 valence electrons. The average Bonchev–Trinajstić information content (AvgIpc) is 2.85. The molecule has 4 rings (SSSR count). The van der Waals surface area contributed by atoms with Gasteiger partial charge < -0.3 is 0 Å². The molecule has 1 amide bonds. The van der Waals surface area contributed by atoms with Crippen LogP contribution in [-0.2, 0) is 10.2 Å². The van der Waals surface area contributed by atoms with Gasteiger partial charge in [-0.05, 0) is 43.0 Å². The molecule has 1 unspecified atom stereocenters. The van der Waals surface area contributed by atoms with E-state index in [4.69, 9.17) is 0 Å². The van der Waals surface area contributed by atoms with Crippen LogP contribution in [0.5, 0.6) is 0 Å². The van der Waals surface area contributed by atoms with Crippen molar-refractivity contribution >= 4 is 17.3 Å². The number of carbonyl (C=O) groups is 1. The third kappa shape index (κ3) is 2.45. The summed E-state index contributed by atoms with van der Waals surface area (Å²) in [6, 6.07) is 18.4. The summed E-state index contributed by atoms with van der Waals surface area (Å²) < 4.78 is 0. The fourth-order valence-corrected chi connectivity index (χ4v) is 4.61. The lowest BCUT2D eigenvalue weighted by molar-refractivity contribution is -0.122. The molecule has 1 aliphatic carbocycles. The van der Waals surface area contributed by atoms with Gasteiger partial charge >= 0.3 is 0 Å². The largest absolute Gasteiger partial charge is 0.280 e. The number of benzene rings is 2. The molecule has 1 heterocycles. The molecule has 0 aromatic heterocycles. The van der Waals surface area contributed by atoms with Gasteiger partial charge in [-0.3, -0.25) is 9.69 Å². The first-order valence-corrected chi connectivity index (χ1v) is 9.19. The highest BCUT2D eigenvalue weighted by Crippen LogP contribution is 2.49. The van der Waals surface area contributed by atoms with Gasteiger partial charge in [0.05, 0.1) is 11.1 Å². The average molecular weight is 319 g/mol. The molecule has 1 saturated carbocycles. The van der Waals surface area contributed by atoms with E-state index in [2.05, 4.69) is 25.1 Å². The Morgan fingerprint density at radius 1 is 0.958 bits per heavy atom. The molecular formula is C22H25NO. The molecule has 0 spiro atoms. The molecule has 1 aliphatic heterocycles. The van der Waals surface area contributed by atoms with Gasteiger partial charge in [0, 0.05) is 5.69 Å². The van der Waals surface area contributed by atoms with E-state index in [1.54, 1.807) is 0 Å². The van der Waals surface area contributed by atoms with Gasteiger partial charge in [-0.15, -0.1) is 0 Å². The van der Waals surface area contributed by atoms with Gasteiger partial charge in [-0.25, -0.2) is 0 Å². The van der Waals surface area contributed by atoms with Gasteiger partial charge in [-0.1, -0.05) is 68.5 Å². The van der Waals surface area contributed by atoms with Gasteiger partial charge in [0.25, 0.3) is 0 Å². The van der Waals surface area contributed by atoms with Crippen molar-refractivity contribution in [3.8, 4) is 0 Å². The van der Waals surface area contributed by atoms with Crippen LogP contribution in [0.4, 0.5) is 11.4 Å². The van der Waals surface area contributed by atoms with E-state index >= 15 is 0 Å². The Balaban J connectivity index is 1.74. The van der Waals surface area contributed by atoms with Crippen LogP contribution in [0.15, 0.2) is 54.6 Å². The number of anilines is 2. The first-order chi connectivity index (χ1) is 11.7. The molecular weight excluding hydrogens is 294 g/mol. The third-order valence-electron chi connectivity index (χ3n) is 5.85. The summed E-state index contributed by atoms with van der Waals surface area (Å²) >= 11 is 0. The normalized spacial score (nSPS) is 24.2. The van der Waals surface area contributed by atoms with Crippen molar-refractivity contribution in [1.29, 1.82) is 0 Å². The number of rotatable bonds is 3. The van der Waals surface area contributed by atoms with Crippen LogP contribution >= 0.6 is 0 Å². The highest BCUT2D eigenvalue weighted by molar-refractivity contribution is 6.12. The van der Waals surface area contributed by atoms with Crippen LogP contribution in [0.2, 0.25) is 0 Å². The van der Waals surface area contributed by atoms with E-state index in [0.717, 1.165) is 17.8 Å².